The molecular weight excluding hydrogens is 407 g/mol. The Morgan fingerprint density at radius 1 is 1.17 bits per heavy atom. The third-order valence-electron chi connectivity index (χ3n) is 4.66. The van der Waals surface area contributed by atoms with Crippen molar-refractivity contribution in [3.63, 3.8) is 0 Å². The number of likely N-dealkylation sites (N-methyl/N-ethyl adjacent to an activating group) is 1. The Kier molecular flexibility index (Phi) is 7.10. The van der Waals surface area contributed by atoms with Crippen molar-refractivity contribution >= 4 is 34.9 Å². The Morgan fingerprint density at radius 3 is 2.38 bits per heavy atom. The molecule has 1 heterocycles. The van der Waals surface area contributed by atoms with E-state index in [9.17, 15) is 0 Å². The van der Waals surface area contributed by atoms with Crippen molar-refractivity contribution < 1.29 is 0 Å². The van der Waals surface area contributed by atoms with Crippen LogP contribution in [0.2, 0.25) is 10.0 Å². The summed E-state index contributed by atoms with van der Waals surface area (Å²) in [5.74, 6) is 0.442. The standard InChI is InChI=1S/C21H22Cl2N6/c1-28(2)19-13-29(27-20(19)16-5-9-18(23)10-6-16)21(26-14-24)25-12-11-15-3-7-17(22)8-4-15/h3-10,19H,11-13H2,1-2H3,(H,25,26). The van der Waals surface area contributed by atoms with Crippen molar-refractivity contribution in [3.05, 3.63) is 69.7 Å². The molecule has 0 saturated carbocycles. The van der Waals surface area contributed by atoms with Gasteiger partial charge in [0, 0.05) is 16.6 Å². The summed E-state index contributed by atoms with van der Waals surface area (Å²) in [6.45, 7) is 1.22. The van der Waals surface area contributed by atoms with Gasteiger partial charge in [-0.05, 0) is 55.9 Å². The van der Waals surface area contributed by atoms with Crippen LogP contribution >= 0.6 is 23.2 Å². The average molecular weight is 429 g/mol. The molecule has 6 nitrogen and oxygen atoms in total. The Hall–Kier alpha value is -2.59. The maximum atomic E-state index is 9.14. The molecule has 3 rings (SSSR count). The summed E-state index contributed by atoms with van der Waals surface area (Å²) in [6, 6.07) is 15.4. The number of hydrogen-bond acceptors (Lipinski definition) is 4. The second kappa shape index (κ2) is 9.75. The Balaban J connectivity index is 1.74. The van der Waals surface area contributed by atoms with Crippen LogP contribution in [0, 0.1) is 11.5 Å². The van der Waals surface area contributed by atoms with Gasteiger partial charge in [-0.15, -0.1) is 4.99 Å². The highest BCUT2D eigenvalue weighted by Gasteiger charge is 2.31. The van der Waals surface area contributed by atoms with Gasteiger partial charge in [-0.25, -0.2) is 5.01 Å². The molecule has 0 fully saturated rings. The molecule has 1 N–H and O–H groups in total. The zero-order valence-corrected chi connectivity index (χ0v) is 17.8. The van der Waals surface area contributed by atoms with E-state index in [-0.39, 0.29) is 6.04 Å². The summed E-state index contributed by atoms with van der Waals surface area (Å²) in [5.41, 5.74) is 3.06. The SMILES string of the molecule is CN(C)C1CN(/C(=N/C#N)NCCc2ccc(Cl)cc2)N=C1c1ccc(Cl)cc1. The minimum absolute atomic E-state index is 0.0677. The second-order valence-corrected chi connectivity index (χ2v) is 7.77. The smallest absolute Gasteiger partial charge is 0.230 e. The van der Waals surface area contributed by atoms with E-state index in [4.69, 9.17) is 33.6 Å². The van der Waals surface area contributed by atoms with Crippen LogP contribution < -0.4 is 5.32 Å². The third kappa shape index (κ3) is 5.48. The average Bonchev–Trinajstić information content (AvgIpc) is 3.15. The number of nitrogens with zero attached hydrogens (tertiary/aromatic N) is 5. The Morgan fingerprint density at radius 2 is 1.79 bits per heavy atom. The lowest BCUT2D eigenvalue weighted by molar-refractivity contribution is 0.320. The summed E-state index contributed by atoms with van der Waals surface area (Å²) in [6.07, 6.45) is 2.65. The molecule has 0 amide bonds. The molecule has 2 aromatic carbocycles. The molecule has 1 aliphatic heterocycles. The van der Waals surface area contributed by atoms with Crippen molar-refractivity contribution in [2.24, 2.45) is 10.1 Å². The van der Waals surface area contributed by atoms with Gasteiger partial charge in [0.05, 0.1) is 18.3 Å². The first kappa shape index (κ1) is 21.1. The fourth-order valence-corrected chi connectivity index (χ4v) is 3.36. The Bertz CT molecular complexity index is 929. The molecule has 1 unspecified atom stereocenters. The van der Waals surface area contributed by atoms with Crippen LogP contribution in [-0.2, 0) is 6.42 Å². The predicted molar refractivity (Wildman–Crippen MR) is 118 cm³/mol. The van der Waals surface area contributed by atoms with Crippen LogP contribution in [0.4, 0.5) is 0 Å². The van der Waals surface area contributed by atoms with Crippen LogP contribution in [-0.4, -0.2) is 54.8 Å². The van der Waals surface area contributed by atoms with Gasteiger partial charge in [-0.3, -0.25) is 4.90 Å². The van der Waals surface area contributed by atoms with Gasteiger partial charge in [-0.1, -0.05) is 47.5 Å². The Labute approximate surface area is 181 Å². The molecule has 2 aromatic rings. The number of hydrazone groups is 1. The van der Waals surface area contributed by atoms with Crippen LogP contribution in [0.25, 0.3) is 0 Å². The monoisotopic (exact) mass is 428 g/mol. The number of rotatable bonds is 5. The van der Waals surface area contributed by atoms with Crippen molar-refractivity contribution in [3.8, 4) is 6.19 Å². The van der Waals surface area contributed by atoms with E-state index in [1.165, 1.54) is 0 Å². The first-order valence-electron chi connectivity index (χ1n) is 9.21. The summed E-state index contributed by atoms with van der Waals surface area (Å²) >= 11 is 12.0. The quantitative estimate of drug-likeness (QED) is 0.448. The van der Waals surface area contributed by atoms with Crippen LogP contribution in [0.1, 0.15) is 11.1 Å². The lowest BCUT2D eigenvalue weighted by Crippen LogP contribution is -2.43. The van der Waals surface area contributed by atoms with Gasteiger partial charge in [0.25, 0.3) is 0 Å². The number of hydrogen-bond donors (Lipinski definition) is 1. The minimum Gasteiger partial charge on any atom is -0.354 e. The fraction of sp³-hybridized carbons (Fsp3) is 0.286. The van der Waals surface area contributed by atoms with Gasteiger partial charge in [0.2, 0.25) is 12.2 Å². The number of guanidine groups is 1. The van der Waals surface area contributed by atoms with Crippen LogP contribution in [0.15, 0.2) is 58.6 Å². The summed E-state index contributed by atoms with van der Waals surface area (Å²) in [5, 5.41) is 20.3. The maximum absolute atomic E-state index is 9.14. The lowest BCUT2D eigenvalue weighted by atomic mass is 10.0. The van der Waals surface area contributed by atoms with Crippen LogP contribution in [0.3, 0.4) is 0 Å². The second-order valence-electron chi connectivity index (χ2n) is 6.89. The first-order chi connectivity index (χ1) is 14.0. The minimum atomic E-state index is 0.0677. The van der Waals surface area contributed by atoms with E-state index in [0.29, 0.717) is 29.1 Å². The lowest BCUT2D eigenvalue weighted by Gasteiger charge is -2.22. The summed E-state index contributed by atoms with van der Waals surface area (Å²) in [4.78, 5) is 6.06. The largest absolute Gasteiger partial charge is 0.354 e. The maximum Gasteiger partial charge on any atom is 0.230 e. The molecule has 29 heavy (non-hydrogen) atoms. The van der Waals surface area contributed by atoms with E-state index < -0.39 is 0 Å². The number of aliphatic imine (C=N–C) groups is 1. The molecule has 0 spiro atoms. The molecule has 0 aliphatic carbocycles. The molecule has 150 valence electrons. The zero-order valence-electron chi connectivity index (χ0n) is 16.3. The van der Waals surface area contributed by atoms with Crippen molar-refractivity contribution in [1.29, 1.82) is 5.26 Å². The van der Waals surface area contributed by atoms with Crippen molar-refractivity contribution in [1.82, 2.24) is 15.2 Å². The van der Waals surface area contributed by atoms with E-state index >= 15 is 0 Å². The van der Waals surface area contributed by atoms with Gasteiger partial charge in [0.15, 0.2) is 0 Å². The van der Waals surface area contributed by atoms with E-state index in [1.54, 1.807) is 5.01 Å². The van der Waals surface area contributed by atoms with E-state index in [0.717, 1.165) is 23.3 Å². The molecule has 1 aliphatic rings. The molecule has 8 heteroatoms. The number of halogens is 2. The molecule has 1 atom stereocenters. The van der Waals surface area contributed by atoms with E-state index in [2.05, 4.69) is 15.2 Å². The van der Waals surface area contributed by atoms with Gasteiger partial charge < -0.3 is 5.32 Å². The molecular formula is C21H22Cl2N6. The number of nitrogens with one attached hydrogen (secondary N) is 1. The normalized spacial score (nSPS) is 16.7. The molecule has 0 saturated heterocycles. The van der Waals surface area contributed by atoms with Crippen molar-refractivity contribution in [2.75, 3.05) is 27.2 Å². The van der Waals surface area contributed by atoms with Gasteiger partial charge in [-0.2, -0.15) is 10.4 Å². The highest BCUT2D eigenvalue weighted by atomic mass is 35.5. The highest BCUT2D eigenvalue weighted by molar-refractivity contribution is 6.31. The van der Waals surface area contributed by atoms with Crippen LogP contribution in [0.5, 0.6) is 0 Å². The topological polar surface area (TPSA) is 67.0 Å². The zero-order chi connectivity index (χ0) is 20.8. The predicted octanol–water partition coefficient (Wildman–Crippen LogP) is 3.61. The summed E-state index contributed by atoms with van der Waals surface area (Å²) in [7, 11) is 4.02. The van der Waals surface area contributed by atoms with Gasteiger partial charge in [0.1, 0.15) is 0 Å². The number of benzene rings is 2. The number of nitriles is 1. The van der Waals surface area contributed by atoms with Crippen molar-refractivity contribution in [2.45, 2.75) is 12.5 Å². The van der Waals surface area contributed by atoms with E-state index in [1.807, 2.05) is 68.8 Å². The third-order valence-corrected chi connectivity index (χ3v) is 5.17. The highest BCUT2D eigenvalue weighted by Crippen LogP contribution is 2.19. The first-order valence-corrected chi connectivity index (χ1v) is 9.97. The fourth-order valence-electron chi connectivity index (χ4n) is 3.11. The van der Waals surface area contributed by atoms with Gasteiger partial charge >= 0.3 is 0 Å². The molecule has 0 aromatic heterocycles. The molecule has 0 bridgehead atoms. The summed E-state index contributed by atoms with van der Waals surface area (Å²) < 4.78 is 0. The molecule has 0 radical (unpaired) electrons.